The smallest absolute Gasteiger partial charge is 0.330 e. The van der Waals surface area contributed by atoms with Crippen molar-refractivity contribution in [2.24, 2.45) is 0 Å². The van der Waals surface area contributed by atoms with Crippen molar-refractivity contribution in [2.75, 3.05) is 20.8 Å². The Balaban J connectivity index is 2.80. The van der Waals surface area contributed by atoms with Gasteiger partial charge in [-0.2, -0.15) is 0 Å². The Bertz CT molecular complexity index is 402. The average Bonchev–Trinajstić information content (AvgIpc) is 2.39. The van der Waals surface area contributed by atoms with Crippen molar-refractivity contribution in [3.05, 3.63) is 35.9 Å². The van der Waals surface area contributed by atoms with Gasteiger partial charge in [-0.1, -0.05) is 12.1 Å². The summed E-state index contributed by atoms with van der Waals surface area (Å²) in [6, 6.07) is 5.57. The van der Waals surface area contributed by atoms with E-state index in [0.29, 0.717) is 13.0 Å². The molecule has 0 atom stereocenters. The summed E-state index contributed by atoms with van der Waals surface area (Å²) in [5.41, 5.74) is 0.906. The van der Waals surface area contributed by atoms with Gasteiger partial charge in [-0.25, -0.2) is 4.79 Å². The molecule has 0 radical (unpaired) electrons. The number of ether oxygens (including phenoxy) is 3. The molecular formula is C14H18O4. The van der Waals surface area contributed by atoms with Crippen molar-refractivity contribution < 1.29 is 19.0 Å². The average molecular weight is 250 g/mol. The van der Waals surface area contributed by atoms with Gasteiger partial charge in [-0.3, -0.25) is 0 Å². The van der Waals surface area contributed by atoms with Crippen molar-refractivity contribution >= 4 is 5.97 Å². The number of methoxy groups -OCH3 is 2. The highest BCUT2D eigenvalue weighted by atomic mass is 16.5. The van der Waals surface area contributed by atoms with Gasteiger partial charge in [0.1, 0.15) is 11.5 Å². The van der Waals surface area contributed by atoms with Crippen LogP contribution in [0, 0.1) is 0 Å². The first kappa shape index (κ1) is 14.1. The van der Waals surface area contributed by atoms with Crippen LogP contribution in [0.15, 0.2) is 30.4 Å². The normalized spacial score (nSPS) is 10.4. The molecule has 0 aromatic heterocycles. The second-order valence-electron chi connectivity index (χ2n) is 3.50. The maximum Gasteiger partial charge on any atom is 0.330 e. The van der Waals surface area contributed by atoms with Crippen molar-refractivity contribution in [1.82, 2.24) is 0 Å². The predicted octanol–water partition coefficient (Wildman–Crippen LogP) is 2.37. The molecule has 0 fully saturated rings. The molecule has 4 nitrogen and oxygen atoms in total. The molecule has 1 rings (SSSR count). The molecule has 18 heavy (non-hydrogen) atoms. The standard InChI is InChI=1S/C14H18O4/c1-4-18-14(15)10-5-7-11-12(16-2)8-6-9-13(11)17-3/h5-6,8-10H,4,7H2,1-3H3/b10-5+. The van der Waals surface area contributed by atoms with Gasteiger partial charge < -0.3 is 14.2 Å². The van der Waals surface area contributed by atoms with Crippen LogP contribution in [0.3, 0.4) is 0 Å². The molecule has 1 aromatic rings. The van der Waals surface area contributed by atoms with Crippen molar-refractivity contribution in [1.29, 1.82) is 0 Å². The maximum absolute atomic E-state index is 11.2. The largest absolute Gasteiger partial charge is 0.496 e. The van der Waals surface area contributed by atoms with E-state index >= 15 is 0 Å². The molecule has 0 heterocycles. The van der Waals surface area contributed by atoms with Gasteiger partial charge in [0.25, 0.3) is 0 Å². The number of allylic oxidation sites excluding steroid dienone is 1. The first-order valence-electron chi connectivity index (χ1n) is 5.76. The zero-order valence-corrected chi connectivity index (χ0v) is 10.9. The Morgan fingerprint density at radius 1 is 1.22 bits per heavy atom. The summed E-state index contributed by atoms with van der Waals surface area (Å²) in [4.78, 5) is 11.2. The molecule has 0 saturated heterocycles. The fourth-order valence-corrected chi connectivity index (χ4v) is 1.59. The Kier molecular flexibility index (Phi) is 5.77. The molecular weight excluding hydrogens is 232 g/mol. The topological polar surface area (TPSA) is 44.8 Å². The van der Waals surface area contributed by atoms with Crippen LogP contribution < -0.4 is 9.47 Å². The Morgan fingerprint density at radius 2 is 1.83 bits per heavy atom. The van der Waals surface area contributed by atoms with E-state index in [-0.39, 0.29) is 5.97 Å². The lowest BCUT2D eigenvalue weighted by Crippen LogP contribution is -2.00. The minimum absolute atomic E-state index is 0.341. The van der Waals surface area contributed by atoms with E-state index < -0.39 is 0 Å². The van der Waals surface area contributed by atoms with E-state index in [4.69, 9.17) is 14.2 Å². The van der Waals surface area contributed by atoms with Crippen LogP contribution in [0.4, 0.5) is 0 Å². The van der Waals surface area contributed by atoms with Crippen molar-refractivity contribution in [3.8, 4) is 11.5 Å². The van der Waals surface area contributed by atoms with Gasteiger partial charge in [-0.15, -0.1) is 0 Å². The van der Waals surface area contributed by atoms with E-state index in [1.807, 2.05) is 18.2 Å². The summed E-state index contributed by atoms with van der Waals surface area (Å²) < 4.78 is 15.3. The van der Waals surface area contributed by atoms with Crippen LogP contribution in [0.5, 0.6) is 11.5 Å². The van der Waals surface area contributed by atoms with Gasteiger partial charge in [0.05, 0.1) is 20.8 Å². The lowest BCUT2D eigenvalue weighted by molar-refractivity contribution is -0.137. The van der Waals surface area contributed by atoms with E-state index in [2.05, 4.69) is 0 Å². The minimum Gasteiger partial charge on any atom is -0.496 e. The number of hydrogen-bond donors (Lipinski definition) is 0. The van der Waals surface area contributed by atoms with E-state index in [1.54, 1.807) is 27.2 Å². The molecule has 98 valence electrons. The van der Waals surface area contributed by atoms with Crippen LogP contribution >= 0.6 is 0 Å². The summed E-state index contributed by atoms with van der Waals surface area (Å²) in [7, 11) is 3.21. The minimum atomic E-state index is -0.341. The molecule has 0 aliphatic carbocycles. The third-order valence-corrected chi connectivity index (χ3v) is 2.39. The first-order chi connectivity index (χ1) is 8.72. The third-order valence-electron chi connectivity index (χ3n) is 2.39. The Hall–Kier alpha value is -1.97. The molecule has 4 heteroatoms. The van der Waals surface area contributed by atoms with Crippen LogP contribution in [0.2, 0.25) is 0 Å². The van der Waals surface area contributed by atoms with E-state index in [9.17, 15) is 4.79 Å². The molecule has 0 spiro atoms. The number of benzene rings is 1. The summed E-state index contributed by atoms with van der Waals surface area (Å²) in [5, 5.41) is 0. The number of rotatable bonds is 6. The monoisotopic (exact) mass is 250 g/mol. The fraction of sp³-hybridized carbons (Fsp3) is 0.357. The summed E-state index contributed by atoms with van der Waals surface area (Å²) in [5.74, 6) is 1.14. The zero-order valence-electron chi connectivity index (χ0n) is 10.9. The Labute approximate surface area is 107 Å². The molecule has 0 aliphatic heterocycles. The molecule has 0 aliphatic rings. The van der Waals surface area contributed by atoms with Gasteiger partial charge in [0.2, 0.25) is 0 Å². The Morgan fingerprint density at radius 3 is 2.33 bits per heavy atom. The maximum atomic E-state index is 11.2. The molecule has 0 saturated carbocycles. The molecule has 0 N–H and O–H groups in total. The lowest BCUT2D eigenvalue weighted by atomic mass is 10.1. The van der Waals surface area contributed by atoms with Gasteiger partial charge in [-0.05, 0) is 25.5 Å². The highest BCUT2D eigenvalue weighted by molar-refractivity contribution is 5.81. The SMILES string of the molecule is CCOC(=O)/C=C/Cc1c(OC)cccc1OC. The van der Waals surface area contributed by atoms with Gasteiger partial charge in [0.15, 0.2) is 0 Å². The highest BCUT2D eigenvalue weighted by Gasteiger charge is 2.07. The van der Waals surface area contributed by atoms with Crippen LogP contribution in [0.1, 0.15) is 12.5 Å². The lowest BCUT2D eigenvalue weighted by Gasteiger charge is -2.11. The quantitative estimate of drug-likeness (QED) is 0.574. The summed E-state index contributed by atoms with van der Waals surface area (Å²) in [6.45, 7) is 2.15. The van der Waals surface area contributed by atoms with Crippen molar-refractivity contribution in [2.45, 2.75) is 13.3 Å². The zero-order chi connectivity index (χ0) is 13.4. The number of carbonyl (C=O) groups excluding carboxylic acids is 1. The van der Waals surface area contributed by atoms with E-state index in [0.717, 1.165) is 17.1 Å². The summed E-state index contributed by atoms with van der Waals surface area (Å²) in [6.07, 6.45) is 3.69. The first-order valence-corrected chi connectivity index (χ1v) is 5.76. The molecule has 0 amide bonds. The van der Waals surface area contributed by atoms with Gasteiger partial charge in [0, 0.05) is 11.6 Å². The fourth-order valence-electron chi connectivity index (χ4n) is 1.59. The number of hydrogen-bond acceptors (Lipinski definition) is 4. The van der Waals surface area contributed by atoms with Crippen LogP contribution in [-0.2, 0) is 16.0 Å². The predicted molar refractivity (Wildman–Crippen MR) is 69.0 cm³/mol. The second-order valence-corrected chi connectivity index (χ2v) is 3.50. The number of carbonyl (C=O) groups is 1. The van der Waals surface area contributed by atoms with Gasteiger partial charge >= 0.3 is 5.97 Å². The highest BCUT2D eigenvalue weighted by Crippen LogP contribution is 2.28. The van der Waals surface area contributed by atoms with Crippen LogP contribution in [0.25, 0.3) is 0 Å². The third kappa shape index (κ3) is 3.80. The van der Waals surface area contributed by atoms with Crippen LogP contribution in [-0.4, -0.2) is 26.8 Å². The van der Waals surface area contributed by atoms with Crippen molar-refractivity contribution in [3.63, 3.8) is 0 Å². The summed E-state index contributed by atoms with van der Waals surface area (Å²) >= 11 is 0. The molecule has 0 unspecified atom stereocenters. The second kappa shape index (κ2) is 7.37. The number of esters is 1. The molecule has 0 bridgehead atoms. The van der Waals surface area contributed by atoms with E-state index in [1.165, 1.54) is 6.08 Å². The molecule has 1 aromatic carbocycles.